The molecule has 0 saturated carbocycles. The van der Waals surface area contributed by atoms with Gasteiger partial charge < -0.3 is 10.2 Å². The first-order valence-corrected chi connectivity index (χ1v) is 8.90. The van der Waals surface area contributed by atoms with Crippen LogP contribution in [-0.4, -0.2) is 16.3 Å². The number of hydrogen-bond acceptors (Lipinski definition) is 2. The molecule has 0 unspecified atom stereocenters. The molecule has 0 aliphatic heterocycles. The normalized spacial score (nSPS) is 19.8. The standard InChI is InChI=1S/C24H16O2/c25-21-10-9-16-18-11-13-5-1-2-6-14(13)22-17-8-4-3-7-15(17)19(23(18)22)12-20(16)24(21)26/h1-12,21,24-26H/t21-,24-/m0/s1. The molecule has 0 saturated heterocycles. The Morgan fingerprint density at radius 2 is 1.50 bits per heavy atom. The lowest BCUT2D eigenvalue weighted by atomic mass is 9.85. The van der Waals surface area contributed by atoms with Crippen LogP contribution in [0.2, 0.25) is 0 Å². The van der Waals surface area contributed by atoms with Gasteiger partial charge in [0.25, 0.3) is 0 Å². The Hall–Kier alpha value is -2.94. The van der Waals surface area contributed by atoms with E-state index in [1.54, 1.807) is 6.08 Å². The van der Waals surface area contributed by atoms with E-state index in [9.17, 15) is 10.2 Å². The van der Waals surface area contributed by atoms with Crippen LogP contribution in [-0.2, 0) is 0 Å². The van der Waals surface area contributed by atoms with Crippen molar-refractivity contribution < 1.29 is 10.2 Å². The van der Waals surface area contributed by atoms with Gasteiger partial charge in [-0.2, -0.15) is 0 Å². The van der Waals surface area contributed by atoms with Gasteiger partial charge in [0.15, 0.2) is 0 Å². The summed E-state index contributed by atoms with van der Waals surface area (Å²) in [6.07, 6.45) is 1.89. The predicted molar refractivity (Wildman–Crippen MR) is 106 cm³/mol. The zero-order valence-corrected chi connectivity index (χ0v) is 14.0. The quantitative estimate of drug-likeness (QED) is 0.388. The van der Waals surface area contributed by atoms with E-state index in [4.69, 9.17) is 0 Å². The Bertz CT molecular complexity index is 1270. The van der Waals surface area contributed by atoms with E-state index >= 15 is 0 Å². The Morgan fingerprint density at radius 1 is 0.731 bits per heavy atom. The van der Waals surface area contributed by atoms with Crippen LogP contribution in [0.25, 0.3) is 49.9 Å². The SMILES string of the molecule is O[C@H]1C=Cc2c(cc3c4c(c5ccccc5cc24)-c2ccccc2-3)[C@@H]1O. The van der Waals surface area contributed by atoms with Gasteiger partial charge in [-0.3, -0.25) is 0 Å². The van der Waals surface area contributed by atoms with Gasteiger partial charge in [-0.1, -0.05) is 60.7 Å². The first-order chi connectivity index (χ1) is 12.7. The molecule has 124 valence electrons. The van der Waals surface area contributed by atoms with Crippen LogP contribution in [0.3, 0.4) is 0 Å². The molecule has 4 aromatic rings. The van der Waals surface area contributed by atoms with Gasteiger partial charge in [-0.05, 0) is 67.1 Å². The highest BCUT2D eigenvalue weighted by Crippen LogP contribution is 2.52. The third-order valence-corrected chi connectivity index (χ3v) is 5.81. The van der Waals surface area contributed by atoms with Gasteiger partial charge in [-0.15, -0.1) is 0 Å². The molecule has 2 aliphatic rings. The summed E-state index contributed by atoms with van der Waals surface area (Å²) in [6.45, 7) is 0. The van der Waals surface area contributed by atoms with Gasteiger partial charge in [0.1, 0.15) is 12.2 Å². The van der Waals surface area contributed by atoms with Gasteiger partial charge >= 0.3 is 0 Å². The highest BCUT2D eigenvalue weighted by Gasteiger charge is 2.30. The van der Waals surface area contributed by atoms with Crippen molar-refractivity contribution in [2.75, 3.05) is 0 Å². The number of benzene rings is 4. The maximum atomic E-state index is 10.6. The largest absolute Gasteiger partial charge is 0.386 e. The van der Waals surface area contributed by atoms with Crippen molar-refractivity contribution in [1.82, 2.24) is 0 Å². The second-order valence-corrected chi connectivity index (χ2v) is 7.16. The van der Waals surface area contributed by atoms with Crippen LogP contribution in [0.15, 0.2) is 66.7 Å². The number of aliphatic hydroxyl groups excluding tert-OH is 2. The first kappa shape index (κ1) is 14.3. The number of aliphatic hydroxyl groups is 2. The van der Waals surface area contributed by atoms with Crippen LogP contribution in [0.5, 0.6) is 0 Å². The fourth-order valence-electron chi connectivity index (χ4n) is 4.64. The molecule has 2 N–H and O–H groups in total. The third kappa shape index (κ3) is 1.63. The van der Waals surface area contributed by atoms with E-state index in [0.29, 0.717) is 0 Å². The summed E-state index contributed by atoms with van der Waals surface area (Å²) in [5, 5.41) is 25.5. The molecule has 0 bridgehead atoms. The highest BCUT2D eigenvalue weighted by molar-refractivity contribution is 6.25. The molecule has 0 radical (unpaired) electrons. The molecule has 2 heteroatoms. The van der Waals surface area contributed by atoms with E-state index < -0.39 is 12.2 Å². The molecule has 0 aromatic heterocycles. The van der Waals surface area contributed by atoms with E-state index in [1.807, 2.05) is 6.08 Å². The zero-order valence-electron chi connectivity index (χ0n) is 14.0. The molecule has 2 aliphatic carbocycles. The van der Waals surface area contributed by atoms with E-state index in [2.05, 4.69) is 60.7 Å². The van der Waals surface area contributed by atoms with Crippen LogP contribution in [0.4, 0.5) is 0 Å². The first-order valence-electron chi connectivity index (χ1n) is 8.90. The summed E-state index contributed by atoms with van der Waals surface area (Å²) in [4.78, 5) is 0. The number of fused-ring (bicyclic) bond motifs is 7. The maximum absolute atomic E-state index is 10.6. The fourth-order valence-corrected chi connectivity index (χ4v) is 4.64. The molecule has 4 aromatic carbocycles. The average molecular weight is 336 g/mol. The van der Waals surface area contributed by atoms with Crippen molar-refractivity contribution in [1.29, 1.82) is 0 Å². The molecule has 0 heterocycles. The smallest absolute Gasteiger partial charge is 0.109 e. The fraction of sp³-hybridized carbons (Fsp3) is 0.0833. The van der Waals surface area contributed by atoms with Crippen molar-refractivity contribution in [3.8, 4) is 22.3 Å². The summed E-state index contributed by atoms with van der Waals surface area (Å²) < 4.78 is 0. The lowest BCUT2D eigenvalue weighted by Crippen LogP contribution is -2.19. The lowest BCUT2D eigenvalue weighted by Gasteiger charge is -2.24. The Labute approximate surface area is 150 Å². The Kier molecular flexibility index (Phi) is 2.64. The third-order valence-electron chi connectivity index (χ3n) is 5.81. The molecule has 0 fully saturated rings. The molecular formula is C24H16O2. The van der Waals surface area contributed by atoms with Crippen LogP contribution >= 0.6 is 0 Å². The summed E-state index contributed by atoms with van der Waals surface area (Å²) in [5.74, 6) is 0. The molecule has 26 heavy (non-hydrogen) atoms. The minimum absolute atomic E-state index is 0.806. The predicted octanol–water partition coefficient (Wildman–Crippen LogP) is 5.06. The highest BCUT2D eigenvalue weighted by atomic mass is 16.3. The van der Waals surface area contributed by atoms with Crippen molar-refractivity contribution in [2.24, 2.45) is 0 Å². The Morgan fingerprint density at radius 3 is 2.38 bits per heavy atom. The topological polar surface area (TPSA) is 40.5 Å². The Balaban J connectivity index is 1.90. The van der Waals surface area contributed by atoms with Gasteiger partial charge in [-0.25, -0.2) is 0 Å². The number of hydrogen-bond donors (Lipinski definition) is 2. The van der Waals surface area contributed by atoms with Crippen molar-refractivity contribution in [3.05, 3.63) is 77.9 Å². The van der Waals surface area contributed by atoms with Crippen LogP contribution < -0.4 is 0 Å². The monoisotopic (exact) mass is 336 g/mol. The minimum atomic E-state index is -0.890. The summed E-state index contributed by atoms with van der Waals surface area (Å²) >= 11 is 0. The van der Waals surface area contributed by atoms with Crippen molar-refractivity contribution in [3.63, 3.8) is 0 Å². The van der Waals surface area contributed by atoms with Crippen LogP contribution in [0.1, 0.15) is 17.2 Å². The molecule has 0 spiro atoms. The van der Waals surface area contributed by atoms with Gasteiger partial charge in [0.05, 0.1) is 0 Å². The molecule has 2 atom stereocenters. The van der Waals surface area contributed by atoms with E-state index in [0.717, 1.165) is 22.1 Å². The zero-order chi connectivity index (χ0) is 17.4. The summed E-state index contributed by atoms with van der Waals surface area (Å²) in [6, 6.07) is 21.2. The van der Waals surface area contributed by atoms with Crippen molar-refractivity contribution >= 4 is 27.6 Å². The molecular weight excluding hydrogens is 320 g/mol. The molecule has 0 amide bonds. The number of rotatable bonds is 0. The second kappa shape index (κ2) is 4.82. The van der Waals surface area contributed by atoms with E-state index in [-0.39, 0.29) is 0 Å². The lowest BCUT2D eigenvalue weighted by molar-refractivity contribution is 0.0471. The second-order valence-electron chi connectivity index (χ2n) is 7.16. The van der Waals surface area contributed by atoms with Crippen LogP contribution in [0, 0.1) is 0 Å². The molecule has 6 rings (SSSR count). The van der Waals surface area contributed by atoms with Gasteiger partial charge in [0, 0.05) is 0 Å². The van der Waals surface area contributed by atoms with Gasteiger partial charge in [0.2, 0.25) is 0 Å². The maximum Gasteiger partial charge on any atom is 0.109 e. The summed E-state index contributed by atoms with van der Waals surface area (Å²) in [7, 11) is 0. The van der Waals surface area contributed by atoms with E-state index in [1.165, 1.54) is 32.8 Å². The molecule has 2 nitrogen and oxygen atoms in total. The average Bonchev–Trinajstić information content (AvgIpc) is 3.01. The summed E-state index contributed by atoms with van der Waals surface area (Å²) in [5.41, 5.74) is 6.69. The minimum Gasteiger partial charge on any atom is -0.386 e. The van der Waals surface area contributed by atoms with Crippen molar-refractivity contribution in [2.45, 2.75) is 12.2 Å².